The van der Waals surface area contributed by atoms with Crippen LogP contribution in [0.25, 0.3) is 0 Å². The number of aliphatic hydroxyl groups is 1. The van der Waals surface area contributed by atoms with Crippen molar-refractivity contribution >= 4 is 5.91 Å². The molecular weight excluding hydrogens is 316 g/mol. The van der Waals surface area contributed by atoms with Gasteiger partial charge in [0.2, 0.25) is 5.91 Å². The van der Waals surface area contributed by atoms with E-state index in [4.69, 9.17) is 0 Å². The maximum atomic E-state index is 12.9. The molecule has 2 heterocycles. The molecule has 0 aliphatic heterocycles. The molecule has 0 aliphatic carbocycles. The summed E-state index contributed by atoms with van der Waals surface area (Å²) in [5.74, 6) is 0.0363. The standard InChI is InChI=1S/C19H28N4O2/c1-5-17(13-24)23(12-16-8-6-7-11-20-16)19(25)10-9-18-14(2)21-22(4)15(18)3/h6-8,11,17,24H,5,9-10,12-13H2,1-4H3/t17-/m0/s1. The Kier molecular flexibility index (Phi) is 6.70. The van der Waals surface area contributed by atoms with Crippen molar-refractivity contribution in [3.05, 3.63) is 47.0 Å². The van der Waals surface area contributed by atoms with Crippen LogP contribution in [-0.2, 0) is 24.8 Å². The molecule has 2 aromatic heterocycles. The van der Waals surface area contributed by atoms with Gasteiger partial charge in [-0.2, -0.15) is 5.10 Å². The van der Waals surface area contributed by atoms with E-state index >= 15 is 0 Å². The average molecular weight is 344 g/mol. The van der Waals surface area contributed by atoms with Crippen LogP contribution in [-0.4, -0.2) is 43.3 Å². The molecule has 2 rings (SSSR count). The van der Waals surface area contributed by atoms with Crippen LogP contribution in [0.3, 0.4) is 0 Å². The van der Waals surface area contributed by atoms with Gasteiger partial charge in [0.1, 0.15) is 0 Å². The topological polar surface area (TPSA) is 71.2 Å². The molecule has 0 bridgehead atoms. The van der Waals surface area contributed by atoms with E-state index < -0.39 is 0 Å². The number of hydrogen-bond donors (Lipinski definition) is 1. The SMILES string of the molecule is CC[C@@H](CO)N(Cc1ccccn1)C(=O)CCc1c(C)nn(C)c1C. The summed E-state index contributed by atoms with van der Waals surface area (Å²) in [6.45, 7) is 6.36. The Morgan fingerprint density at radius 3 is 2.64 bits per heavy atom. The maximum Gasteiger partial charge on any atom is 0.223 e. The Bertz CT molecular complexity index is 693. The van der Waals surface area contributed by atoms with Gasteiger partial charge in [0, 0.05) is 25.4 Å². The Balaban J connectivity index is 2.11. The summed E-state index contributed by atoms with van der Waals surface area (Å²) in [5, 5.41) is 14.1. The third-order valence-electron chi connectivity index (χ3n) is 4.75. The number of carbonyl (C=O) groups excluding carboxylic acids is 1. The summed E-state index contributed by atoms with van der Waals surface area (Å²) in [5.41, 5.74) is 4.02. The number of pyridine rings is 1. The van der Waals surface area contributed by atoms with E-state index in [9.17, 15) is 9.90 Å². The van der Waals surface area contributed by atoms with E-state index in [1.54, 1.807) is 11.1 Å². The number of rotatable bonds is 8. The molecule has 2 aromatic rings. The van der Waals surface area contributed by atoms with Gasteiger partial charge in [-0.05, 0) is 44.4 Å². The van der Waals surface area contributed by atoms with Gasteiger partial charge in [-0.15, -0.1) is 0 Å². The first-order valence-corrected chi connectivity index (χ1v) is 8.77. The number of aliphatic hydroxyl groups excluding tert-OH is 1. The van der Waals surface area contributed by atoms with E-state index in [-0.39, 0.29) is 18.6 Å². The number of aromatic nitrogens is 3. The molecule has 1 N–H and O–H groups in total. The van der Waals surface area contributed by atoms with Crippen LogP contribution in [0.5, 0.6) is 0 Å². The van der Waals surface area contributed by atoms with Crippen molar-refractivity contribution in [2.24, 2.45) is 7.05 Å². The van der Waals surface area contributed by atoms with Crippen LogP contribution < -0.4 is 0 Å². The fourth-order valence-corrected chi connectivity index (χ4v) is 3.09. The smallest absolute Gasteiger partial charge is 0.223 e. The Morgan fingerprint density at radius 2 is 2.12 bits per heavy atom. The number of nitrogens with zero attached hydrogens (tertiary/aromatic N) is 4. The molecule has 6 heteroatoms. The van der Waals surface area contributed by atoms with Crippen LogP contribution in [0.4, 0.5) is 0 Å². The lowest BCUT2D eigenvalue weighted by molar-refractivity contribution is -0.135. The molecule has 1 atom stereocenters. The second kappa shape index (κ2) is 8.76. The third kappa shape index (κ3) is 4.66. The molecule has 0 spiro atoms. The fourth-order valence-electron chi connectivity index (χ4n) is 3.09. The van der Waals surface area contributed by atoms with Gasteiger partial charge in [0.15, 0.2) is 0 Å². The zero-order valence-corrected chi connectivity index (χ0v) is 15.6. The minimum Gasteiger partial charge on any atom is -0.394 e. The number of hydrogen-bond acceptors (Lipinski definition) is 4. The second-order valence-electron chi connectivity index (χ2n) is 6.36. The molecule has 136 valence electrons. The van der Waals surface area contributed by atoms with E-state index in [1.807, 2.05) is 50.7 Å². The highest BCUT2D eigenvalue weighted by Crippen LogP contribution is 2.17. The Labute approximate surface area is 149 Å². The monoisotopic (exact) mass is 344 g/mol. The lowest BCUT2D eigenvalue weighted by atomic mass is 10.1. The van der Waals surface area contributed by atoms with Crippen molar-refractivity contribution in [3.8, 4) is 0 Å². The first-order chi connectivity index (χ1) is 12.0. The van der Waals surface area contributed by atoms with E-state index in [0.29, 0.717) is 25.8 Å². The van der Waals surface area contributed by atoms with Gasteiger partial charge >= 0.3 is 0 Å². The summed E-state index contributed by atoms with van der Waals surface area (Å²) in [6, 6.07) is 5.48. The molecule has 0 fully saturated rings. The van der Waals surface area contributed by atoms with Crippen LogP contribution in [0, 0.1) is 13.8 Å². The maximum absolute atomic E-state index is 12.9. The average Bonchev–Trinajstić information content (AvgIpc) is 2.86. The van der Waals surface area contributed by atoms with Crippen molar-refractivity contribution in [2.75, 3.05) is 6.61 Å². The van der Waals surface area contributed by atoms with Gasteiger partial charge in [-0.25, -0.2) is 0 Å². The molecule has 25 heavy (non-hydrogen) atoms. The molecule has 0 unspecified atom stereocenters. The first-order valence-electron chi connectivity index (χ1n) is 8.77. The van der Waals surface area contributed by atoms with Gasteiger partial charge in [0.05, 0.1) is 30.6 Å². The van der Waals surface area contributed by atoms with Crippen molar-refractivity contribution < 1.29 is 9.90 Å². The van der Waals surface area contributed by atoms with Crippen LogP contribution in [0.2, 0.25) is 0 Å². The minimum absolute atomic E-state index is 0.0363. The zero-order valence-electron chi connectivity index (χ0n) is 15.6. The van der Waals surface area contributed by atoms with Gasteiger partial charge < -0.3 is 10.0 Å². The highest BCUT2D eigenvalue weighted by molar-refractivity contribution is 5.77. The van der Waals surface area contributed by atoms with Gasteiger partial charge in [-0.3, -0.25) is 14.5 Å². The van der Waals surface area contributed by atoms with Crippen molar-refractivity contribution in [1.29, 1.82) is 0 Å². The van der Waals surface area contributed by atoms with Crippen molar-refractivity contribution in [3.63, 3.8) is 0 Å². The van der Waals surface area contributed by atoms with Gasteiger partial charge in [0.25, 0.3) is 0 Å². The van der Waals surface area contributed by atoms with E-state index in [1.165, 1.54) is 0 Å². The van der Waals surface area contributed by atoms with E-state index in [2.05, 4.69) is 10.1 Å². The summed E-state index contributed by atoms with van der Waals surface area (Å²) in [7, 11) is 1.92. The second-order valence-corrected chi connectivity index (χ2v) is 6.36. The molecular formula is C19H28N4O2. The highest BCUT2D eigenvalue weighted by Gasteiger charge is 2.23. The van der Waals surface area contributed by atoms with Crippen molar-refractivity contribution in [2.45, 2.75) is 52.6 Å². The molecule has 0 saturated carbocycles. The molecule has 6 nitrogen and oxygen atoms in total. The highest BCUT2D eigenvalue weighted by atomic mass is 16.3. The predicted octanol–water partition coefficient (Wildman–Crippen LogP) is 2.16. The Morgan fingerprint density at radius 1 is 1.36 bits per heavy atom. The zero-order chi connectivity index (χ0) is 18.4. The largest absolute Gasteiger partial charge is 0.394 e. The minimum atomic E-state index is -0.189. The molecule has 0 saturated heterocycles. The summed E-state index contributed by atoms with van der Waals surface area (Å²) >= 11 is 0. The van der Waals surface area contributed by atoms with Crippen LogP contribution in [0.15, 0.2) is 24.4 Å². The van der Waals surface area contributed by atoms with E-state index in [0.717, 1.165) is 22.6 Å². The van der Waals surface area contributed by atoms with Crippen molar-refractivity contribution in [1.82, 2.24) is 19.7 Å². The summed E-state index contributed by atoms with van der Waals surface area (Å²) in [4.78, 5) is 18.9. The molecule has 1 amide bonds. The lowest BCUT2D eigenvalue weighted by Gasteiger charge is -2.30. The number of aryl methyl sites for hydroxylation is 2. The predicted molar refractivity (Wildman–Crippen MR) is 97.0 cm³/mol. The normalized spacial score (nSPS) is 12.2. The molecule has 0 aliphatic rings. The van der Waals surface area contributed by atoms with Crippen LogP contribution >= 0.6 is 0 Å². The molecule has 0 radical (unpaired) electrons. The lowest BCUT2D eigenvalue weighted by Crippen LogP contribution is -2.42. The third-order valence-corrected chi connectivity index (χ3v) is 4.75. The quantitative estimate of drug-likeness (QED) is 0.797. The Hall–Kier alpha value is -2.21. The fraction of sp³-hybridized carbons (Fsp3) is 0.526. The van der Waals surface area contributed by atoms with Crippen LogP contribution in [0.1, 0.15) is 42.4 Å². The first kappa shape index (κ1) is 19.1. The number of carbonyl (C=O) groups is 1. The summed E-state index contributed by atoms with van der Waals surface area (Å²) in [6.07, 6.45) is 3.49. The number of amides is 1. The van der Waals surface area contributed by atoms with Gasteiger partial charge in [-0.1, -0.05) is 13.0 Å². The molecule has 0 aromatic carbocycles. The summed E-state index contributed by atoms with van der Waals surface area (Å²) < 4.78 is 1.85.